The zero-order valence-electron chi connectivity index (χ0n) is 13.5. The maximum atomic E-state index is 12.4. The topological polar surface area (TPSA) is 65.8 Å². The molecule has 2 rings (SSSR count). The van der Waals surface area contributed by atoms with E-state index in [1.807, 2.05) is 19.0 Å². The monoisotopic (exact) mass is 347 g/mol. The molecule has 0 saturated carbocycles. The molecule has 24 heavy (non-hydrogen) atoms. The van der Waals surface area contributed by atoms with Crippen molar-refractivity contribution in [2.75, 3.05) is 33.7 Å². The van der Waals surface area contributed by atoms with Crippen molar-refractivity contribution < 1.29 is 27.2 Å². The minimum absolute atomic E-state index is 0.199. The number of nitrogens with one attached hydrogen (secondary N) is 1. The van der Waals surface area contributed by atoms with E-state index in [9.17, 15) is 22.8 Å². The molecule has 1 fully saturated rings. The number of hydrogen-bond acceptors (Lipinski definition) is 4. The molecule has 1 aliphatic heterocycles. The number of furan rings is 1. The van der Waals surface area contributed by atoms with E-state index >= 15 is 0 Å². The van der Waals surface area contributed by atoms with Gasteiger partial charge in [-0.05, 0) is 26.2 Å². The molecule has 2 atom stereocenters. The summed E-state index contributed by atoms with van der Waals surface area (Å²) in [6.45, 7) is -1.29. The fraction of sp³-hybridized carbons (Fsp3) is 0.600. The van der Waals surface area contributed by atoms with Gasteiger partial charge in [0.05, 0.1) is 18.2 Å². The molecular weight excluding hydrogens is 327 g/mol. The van der Waals surface area contributed by atoms with Crippen LogP contribution in [-0.4, -0.2) is 61.5 Å². The summed E-state index contributed by atoms with van der Waals surface area (Å²) in [4.78, 5) is 26.3. The average Bonchev–Trinajstić information content (AvgIpc) is 3.08. The quantitative estimate of drug-likeness (QED) is 0.845. The van der Waals surface area contributed by atoms with Crippen LogP contribution in [0.4, 0.5) is 13.2 Å². The van der Waals surface area contributed by atoms with Crippen LogP contribution in [0.15, 0.2) is 22.8 Å². The third-order valence-electron chi connectivity index (χ3n) is 3.92. The third kappa shape index (κ3) is 4.73. The summed E-state index contributed by atoms with van der Waals surface area (Å²) in [6.07, 6.45) is -3.13. The molecule has 0 spiro atoms. The SMILES string of the molecule is CN(C)C(CNC(=O)C1CC(=O)N(CC(F)(F)F)C1)c1ccco1. The molecule has 0 aromatic carbocycles. The fourth-order valence-electron chi connectivity index (χ4n) is 2.68. The van der Waals surface area contributed by atoms with Gasteiger partial charge >= 0.3 is 6.18 Å². The molecule has 0 bridgehead atoms. The number of likely N-dealkylation sites (tertiary alicyclic amines) is 1. The van der Waals surface area contributed by atoms with Crippen LogP contribution in [0.1, 0.15) is 18.2 Å². The van der Waals surface area contributed by atoms with Gasteiger partial charge < -0.3 is 14.6 Å². The van der Waals surface area contributed by atoms with Crippen molar-refractivity contribution in [2.24, 2.45) is 5.92 Å². The second-order valence-electron chi connectivity index (χ2n) is 6.03. The second kappa shape index (κ2) is 7.25. The Morgan fingerprint density at radius 1 is 1.50 bits per heavy atom. The van der Waals surface area contributed by atoms with E-state index in [0.717, 1.165) is 0 Å². The van der Waals surface area contributed by atoms with E-state index in [-0.39, 0.29) is 25.6 Å². The van der Waals surface area contributed by atoms with Crippen LogP contribution in [-0.2, 0) is 9.59 Å². The molecule has 1 aromatic heterocycles. The van der Waals surface area contributed by atoms with Gasteiger partial charge in [0.15, 0.2) is 0 Å². The average molecular weight is 347 g/mol. The Hall–Kier alpha value is -2.03. The Balaban J connectivity index is 1.90. The summed E-state index contributed by atoms with van der Waals surface area (Å²) in [5.74, 6) is -1.17. The molecular formula is C15H20F3N3O3. The van der Waals surface area contributed by atoms with Crippen LogP contribution in [0.25, 0.3) is 0 Å². The number of halogens is 3. The molecule has 134 valence electrons. The van der Waals surface area contributed by atoms with Crippen LogP contribution in [0.2, 0.25) is 0 Å². The predicted molar refractivity (Wildman–Crippen MR) is 78.9 cm³/mol. The maximum absolute atomic E-state index is 12.4. The molecule has 1 aromatic rings. The molecule has 1 aliphatic rings. The number of carbonyl (C=O) groups is 2. The number of hydrogen-bond donors (Lipinski definition) is 1. The van der Waals surface area contributed by atoms with Crippen LogP contribution < -0.4 is 5.32 Å². The van der Waals surface area contributed by atoms with Crippen molar-refractivity contribution >= 4 is 11.8 Å². The molecule has 2 heterocycles. The number of nitrogens with zero attached hydrogens (tertiary/aromatic N) is 2. The van der Waals surface area contributed by atoms with Crippen molar-refractivity contribution in [3.05, 3.63) is 24.2 Å². The summed E-state index contributed by atoms with van der Waals surface area (Å²) < 4.78 is 42.5. The molecule has 6 nitrogen and oxygen atoms in total. The first-order valence-electron chi connectivity index (χ1n) is 7.49. The summed E-state index contributed by atoms with van der Waals surface area (Å²) >= 11 is 0. The highest BCUT2D eigenvalue weighted by atomic mass is 19.4. The van der Waals surface area contributed by atoms with Gasteiger partial charge in [0.1, 0.15) is 12.3 Å². The number of likely N-dealkylation sites (N-methyl/N-ethyl adjacent to an activating group) is 1. The van der Waals surface area contributed by atoms with Gasteiger partial charge in [-0.1, -0.05) is 0 Å². The van der Waals surface area contributed by atoms with Crippen molar-refractivity contribution in [2.45, 2.75) is 18.6 Å². The van der Waals surface area contributed by atoms with Crippen LogP contribution in [0.5, 0.6) is 0 Å². The normalized spacial score (nSPS) is 19.8. The number of carbonyl (C=O) groups excluding carboxylic acids is 2. The van der Waals surface area contributed by atoms with Crippen LogP contribution in [0, 0.1) is 5.92 Å². The van der Waals surface area contributed by atoms with E-state index in [1.165, 1.54) is 6.26 Å². The van der Waals surface area contributed by atoms with Gasteiger partial charge in [-0.3, -0.25) is 14.5 Å². The lowest BCUT2D eigenvalue weighted by molar-refractivity contribution is -0.157. The minimum atomic E-state index is -4.46. The van der Waals surface area contributed by atoms with E-state index in [1.54, 1.807) is 12.1 Å². The van der Waals surface area contributed by atoms with Gasteiger partial charge in [-0.25, -0.2) is 0 Å². The first-order chi connectivity index (χ1) is 11.2. The van der Waals surface area contributed by atoms with E-state index in [4.69, 9.17) is 4.42 Å². The molecule has 2 unspecified atom stereocenters. The Kier molecular flexibility index (Phi) is 5.53. The van der Waals surface area contributed by atoms with Gasteiger partial charge in [-0.2, -0.15) is 13.2 Å². The van der Waals surface area contributed by atoms with Crippen molar-refractivity contribution in [3.63, 3.8) is 0 Å². The first-order valence-corrected chi connectivity index (χ1v) is 7.49. The van der Waals surface area contributed by atoms with E-state index in [2.05, 4.69) is 5.32 Å². The standard InChI is InChI=1S/C15H20F3N3O3/c1-20(2)11(12-4-3-5-24-12)7-19-14(23)10-6-13(22)21(8-10)9-15(16,17)18/h3-5,10-11H,6-9H2,1-2H3,(H,19,23). The lowest BCUT2D eigenvalue weighted by atomic mass is 10.1. The Labute approximate surface area is 137 Å². The van der Waals surface area contributed by atoms with E-state index < -0.39 is 30.5 Å². The second-order valence-corrected chi connectivity index (χ2v) is 6.03. The smallest absolute Gasteiger partial charge is 0.406 e. The Morgan fingerprint density at radius 3 is 2.75 bits per heavy atom. The molecule has 1 N–H and O–H groups in total. The van der Waals surface area contributed by atoms with Gasteiger partial charge in [0.25, 0.3) is 0 Å². The highest BCUT2D eigenvalue weighted by Gasteiger charge is 2.40. The number of alkyl halides is 3. The van der Waals surface area contributed by atoms with Crippen LogP contribution in [0.3, 0.4) is 0 Å². The first kappa shape index (κ1) is 18.3. The summed E-state index contributed by atoms with van der Waals surface area (Å²) in [7, 11) is 3.65. The summed E-state index contributed by atoms with van der Waals surface area (Å²) in [5.41, 5.74) is 0. The lowest BCUT2D eigenvalue weighted by Gasteiger charge is -2.23. The summed E-state index contributed by atoms with van der Waals surface area (Å²) in [5, 5.41) is 2.70. The molecule has 0 radical (unpaired) electrons. The zero-order valence-corrected chi connectivity index (χ0v) is 13.5. The maximum Gasteiger partial charge on any atom is 0.406 e. The van der Waals surface area contributed by atoms with Crippen LogP contribution >= 0.6 is 0 Å². The largest absolute Gasteiger partial charge is 0.468 e. The van der Waals surface area contributed by atoms with Crippen molar-refractivity contribution in [1.29, 1.82) is 0 Å². The highest BCUT2D eigenvalue weighted by molar-refractivity contribution is 5.89. The molecule has 1 saturated heterocycles. The fourth-order valence-corrected chi connectivity index (χ4v) is 2.68. The lowest BCUT2D eigenvalue weighted by Crippen LogP contribution is -2.39. The Morgan fingerprint density at radius 2 is 2.21 bits per heavy atom. The van der Waals surface area contributed by atoms with E-state index in [0.29, 0.717) is 10.7 Å². The van der Waals surface area contributed by atoms with Crippen molar-refractivity contribution in [3.8, 4) is 0 Å². The molecule has 9 heteroatoms. The summed E-state index contributed by atoms with van der Waals surface area (Å²) in [6, 6.07) is 3.31. The predicted octanol–water partition coefficient (Wildman–Crippen LogP) is 1.41. The number of amides is 2. The van der Waals surface area contributed by atoms with Gasteiger partial charge in [0, 0.05) is 19.5 Å². The highest BCUT2D eigenvalue weighted by Crippen LogP contribution is 2.24. The third-order valence-corrected chi connectivity index (χ3v) is 3.92. The molecule has 0 aliphatic carbocycles. The number of rotatable bonds is 6. The van der Waals surface area contributed by atoms with Gasteiger partial charge in [0.2, 0.25) is 11.8 Å². The zero-order chi connectivity index (χ0) is 17.9. The molecule has 2 amide bonds. The van der Waals surface area contributed by atoms with Crippen molar-refractivity contribution in [1.82, 2.24) is 15.1 Å². The Bertz CT molecular complexity index is 572. The minimum Gasteiger partial charge on any atom is -0.468 e. The van der Waals surface area contributed by atoms with Gasteiger partial charge in [-0.15, -0.1) is 0 Å².